The van der Waals surface area contributed by atoms with Crippen molar-refractivity contribution >= 4 is 35.6 Å². The van der Waals surface area contributed by atoms with E-state index in [4.69, 9.17) is 15.3 Å². The topological polar surface area (TPSA) is 73.6 Å². The molecule has 2 aliphatic rings. The number of benzene rings is 1. The molecular formula is C20H24F2N2O3S. The van der Waals surface area contributed by atoms with Crippen molar-refractivity contribution in [3.63, 3.8) is 0 Å². The van der Waals surface area contributed by atoms with E-state index in [1.54, 1.807) is 4.90 Å². The molecule has 0 bridgehead atoms. The van der Waals surface area contributed by atoms with E-state index >= 15 is 0 Å². The molecule has 1 aromatic carbocycles. The molecule has 5 nitrogen and oxygen atoms in total. The normalized spacial score (nSPS) is 20.6. The third kappa shape index (κ3) is 4.48. The maximum Gasteiger partial charge on any atom is 0.303 e. The number of halogens is 2. The van der Waals surface area contributed by atoms with Crippen molar-refractivity contribution < 1.29 is 23.4 Å². The highest BCUT2D eigenvalue weighted by atomic mass is 32.1. The molecule has 152 valence electrons. The van der Waals surface area contributed by atoms with Crippen molar-refractivity contribution in [2.45, 2.75) is 45.1 Å². The predicted octanol–water partition coefficient (Wildman–Crippen LogP) is 4.47. The number of nitrogens with one attached hydrogen (secondary N) is 1. The number of carboxylic acids is 1. The summed E-state index contributed by atoms with van der Waals surface area (Å²) in [5.41, 5.74) is 0.430. The number of allylic oxidation sites excluding steroid dienone is 1. The fraction of sp³-hybridized carbons (Fsp3) is 0.500. The Morgan fingerprint density at radius 2 is 1.96 bits per heavy atom. The maximum absolute atomic E-state index is 14.8. The fourth-order valence-corrected chi connectivity index (χ4v) is 4.11. The van der Waals surface area contributed by atoms with Gasteiger partial charge in [-0.2, -0.15) is 0 Å². The van der Waals surface area contributed by atoms with Gasteiger partial charge in [-0.15, -0.1) is 12.6 Å². The van der Waals surface area contributed by atoms with Crippen molar-refractivity contribution in [1.29, 1.82) is 5.41 Å². The second-order valence-corrected chi connectivity index (χ2v) is 7.87. The molecule has 2 N–H and O–H groups in total. The van der Waals surface area contributed by atoms with Gasteiger partial charge < -0.3 is 20.2 Å². The van der Waals surface area contributed by atoms with Crippen molar-refractivity contribution in [2.24, 2.45) is 5.92 Å². The van der Waals surface area contributed by atoms with Crippen LogP contribution in [0.15, 0.2) is 17.2 Å². The molecule has 1 aromatic rings. The minimum Gasteiger partial charge on any atom is -0.484 e. The van der Waals surface area contributed by atoms with Crippen LogP contribution in [0, 0.1) is 23.0 Å². The summed E-state index contributed by atoms with van der Waals surface area (Å²) in [6, 6.07) is 2.38. The van der Waals surface area contributed by atoms with Gasteiger partial charge in [-0.05, 0) is 56.2 Å². The van der Waals surface area contributed by atoms with Gasteiger partial charge in [0.15, 0.2) is 5.09 Å². The largest absolute Gasteiger partial charge is 0.484 e. The van der Waals surface area contributed by atoms with Gasteiger partial charge in [-0.3, -0.25) is 4.79 Å². The lowest BCUT2D eigenvalue weighted by Gasteiger charge is -2.27. The first-order valence-corrected chi connectivity index (χ1v) is 9.82. The molecular weight excluding hydrogens is 386 g/mol. The Balaban J connectivity index is 1.87. The molecule has 2 fully saturated rings. The van der Waals surface area contributed by atoms with Crippen LogP contribution in [0.1, 0.15) is 44.6 Å². The fourth-order valence-electron chi connectivity index (χ4n) is 3.67. The number of ether oxygens (including phenoxy) is 1. The first-order valence-electron chi connectivity index (χ1n) is 9.37. The molecule has 3 rings (SSSR count). The third-order valence-electron chi connectivity index (χ3n) is 5.29. The van der Waals surface area contributed by atoms with E-state index in [0.29, 0.717) is 19.5 Å². The smallest absolute Gasteiger partial charge is 0.303 e. The lowest BCUT2D eigenvalue weighted by atomic mass is 9.96. The van der Waals surface area contributed by atoms with E-state index < -0.39 is 17.6 Å². The monoisotopic (exact) mass is 410 g/mol. The van der Waals surface area contributed by atoms with Crippen molar-refractivity contribution in [2.75, 3.05) is 18.0 Å². The zero-order chi connectivity index (χ0) is 20.4. The highest BCUT2D eigenvalue weighted by molar-refractivity contribution is 7.84. The van der Waals surface area contributed by atoms with Crippen LogP contribution in [0.4, 0.5) is 14.5 Å². The lowest BCUT2D eigenvalue weighted by molar-refractivity contribution is -0.137. The van der Waals surface area contributed by atoms with Crippen LogP contribution in [-0.4, -0.2) is 36.0 Å². The standard InChI is InChI=1S/C20H24F2N2O3S/c1-11(23)18(20(28)27-14-3-2-4-14)13-8-15(21)19(16(22)9-13)24-6-5-12(10-24)7-17(25)26/h8-9,12,14,23,28H,2-7,10H2,1H3,(H,25,26)/b20-18+,23-11?. The van der Waals surface area contributed by atoms with Gasteiger partial charge in [-0.1, -0.05) is 0 Å². The van der Waals surface area contributed by atoms with Crippen molar-refractivity contribution in [1.82, 2.24) is 0 Å². The van der Waals surface area contributed by atoms with Crippen LogP contribution in [0.5, 0.6) is 0 Å². The third-order valence-corrected chi connectivity index (χ3v) is 5.62. The summed E-state index contributed by atoms with van der Waals surface area (Å²) in [5.74, 6) is -2.52. The molecule has 1 aliphatic carbocycles. The van der Waals surface area contributed by atoms with Gasteiger partial charge >= 0.3 is 5.97 Å². The molecule has 1 saturated carbocycles. The van der Waals surface area contributed by atoms with Crippen LogP contribution < -0.4 is 4.90 Å². The van der Waals surface area contributed by atoms with Gasteiger partial charge in [-0.25, -0.2) is 8.78 Å². The summed E-state index contributed by atoms with van der Waals surface area (Å²) in [5, 5.41) is 17.1. The number of thiol groups is 1. The molecule has 0 amide bonds. The van der Waals surface area contributed by atoms with Gasteiger partial charge in [0.05, 0.1) is 11.7 Å². The molecule has 28 heavy (non-hydrogen) atoms. The average Bonchev–Trinajstić information content (AvgIpc) is 2.97. The molecule has 0 spiro atoms. The Morgan fingerprint density at radius 1 is 1.32 bits per heavy atom. The second kappa shape index (κ2) is 8.51. The zero-order valence-electron chi connectivity index (χ0n) is 15.7. The highest BCUT2D eigenvalue weighted by Gasteiger charge is 2.29. The van der Waals surface area contributed by atoms with Gasteiger partial charge in [0.2, 0.25) is 0 Å². The highest BCUT2D eigenvalue weighted by Crippen LogP contribution is 2.35. The Bertz CT molecular complexity index is 801. The Labute approximate surface area is 168 Å². The average molecular weight is 410 g/mol. The molecule has 0 aromatic heterocycles. The van der Waals surface area contributed by atoms with Crippen LogP contribution in [-0.2, 0) is 9.53 Å². The number of nitrogens with zero attached hydrogens (tertiary/aromatic N) is 1. The SMILES string of the molecule is CC(=N)/C(=C(\S)OC1CCC1)c1cc(F)c(N2CCC(CC(=O)O)C2)c(F)c1. The van der Waals surface area contributed by atoms with E-state index in [0.717, 1.165) is 19.3 Å². The molecule has 0 radical (unpaired) electrons. The summed E-state index contributed by atoms with van der Waals surface area (Å²) < 4.78 is 35.4. The Kier molecular flexibility index (Phi) is 6.27. The van der Waals surface area contributed by atoms with Gasteiger partial charge in [0.1, 0.15) is 17.3 Å². The summed E-state index contributed by atoms with van der Waals surface area (Å²) in [7, 11) is 0. The first-order chi connectivity index (χ1) is 13.3. The van der Waals surface area contributed by atoms with Crippen LogP contribution in [0.3, 0.4) is 0 Å². The van der Waals surface area contributed by atoms with Crippen molar-refractivity contribution in [3.8, 4) is 0 Å². The molecule has 8 heteroatoms. The molecule has 1 heterocycles. The van der Waals surface area contributed by atoms with Gasteiger partial charge in [0.25, 0.3) is 0 Å². The molecule has 1 aliphatic heterocycles. The quantitative estimate of drug-likeness (QED) is 0.352. The van der Waals surface area contributed by atoms with Crippen LogP contribution in [0.2, 0.25) is 0 Å². The predicted molar refractivity (Wildman–Crippen MR) is 107 cm³/mol. The van der Waals surface area contributed by atoms with E-state index in [9.17, 15) is 13.6 Å². The van der Waals surface area contributed by atoms with Crippen molar-refractivity contribution in [3.05, 3.63) is 34.4 Å². The Hall–Kier alpha value is -2.09. The van der Waals surface area contributed by atoms with E-state index in [1.807, 2.05) is 0 Å². The van der Waals surface area contributed by atoms with E-state index in [1.165, 1.54) is 19.1 Å². The number of carbonyl (C=O) groups is 1. The molecule has 1 saturated heterocycles. The zero-order valence-corrected chi connectivity index (χ0v) is 16.6. The lowest BCUT2D eigenvalue weighted by Crippen LogP contribution is -2.23. The van der Waals surface area contributed by atoms with Crippen LogP contribution >= 0.6 is 12.6 Å². The summed E-state index contributed by atoms with van der Waals surface area (Å²) in [6.45, 7) is 2.23. The number of aliphatic carboxylic acids is 1. The van der Waals surface area contributed by atoms with E-state index in [-0.39, 0.29) is 46.1 Å². The summed E-state index contributed by atoms with van der Waals surface area (Å²) >= 11 is 4.33. The number of hydrogen-bond acceptors (Lipinski definition) is 5. The van der Waals surface area contributed by atoms with Gasteiger partial charge in [0, 0.05) is 25.2 Å². The van der Waals surface area contributed by atoms with E-state index in [2.05, 4.69) is 12.6 Å². The number of anilines is 1. The maximum atomic E-state index is 14.8. The minimum atomic E-state index is -0.910. The van der Waals surface area contributed by atoms with Crippen LogP contribution in [0.25, 0.3) is 5.57 Å². The second-order valence-electron chi connectivity index (χ2n) is 7.46. The molecule has 1 atom stereocenters. The number of hydrogen-bond donors (Lipinski definition) is 3. The first kappa shape index (κ1) is 20.6. The summed E-state index contributed by atoms with van der Waals surface area (Å²) in [6.07, 6.45) is 3.48. The number of carboxylic acid groups (broad SMARTS) is 1. The number of rotatable bonds is 7. The Morgan fingerprint density at radius 3 is 2.46 bits per heavy atom. The molecule has 1 unspecified atom stereocenters. The minimum absolute atomic E-state index is 0.0147. The summed E-state index contributed by atoms with van der Waals surface area (Å²) in [4.78, 5) is 12.4.